The molecule has 0 saturated carbocycles. The van der Waals surface area contributed by atoms with Crippen LogP contribution in [0.3, 0.4) is 0 Å². The molecule has 0 bridgehead atoms. The van der Waals surface area contributed by atoms with Gasteiger partial charge in [0.2, 0.25) is 5.91 Å². The molecule has 0 radical (unpaired) electrons. The monoisotopic (exact) mass is 392 g/mol. The highest BCUT2D eigenvalue weighted by molar-refractivity contribution is 7.10. The predicted octanol–water partition coefficient (Wildman–Crippen LogP) is 3.90. The maximum atomic E-state index is 12.3. The SMILES string of the molecule is O=C(/C=C/c1cnn(-c2ccccc2)c1)NCC(c1cccs1)N1CCCC1. The summed E-state index contributed by atoms with van der Waals surface area (Å²) < 4.78 is 1.80. The molecule has 5 nitrogen and oxygen atoms in total. The summed E-state index contributed by atoms with van der Waals surface area (Å²) in [7, 11) is 0. The average molecular weight is 393 g/mol. The van der Waals surface area contributed by atoms with Gasteiger partial charge < -0.3 is 5.32 Å². The molecular formula is C22H24N4OS. The largest absolute Gasteiger partial charge is 0.351 e. The van der Waals surface area contributed by atoms with Crippen molar-refractivity contribution in [3.8, 4) is 5.69 Å². The third-order valence-electron chi connectivity index (χ3n) is 4.97. The van der Waals surface area contributed by atoms with Crippen molar-refractivity contribution in [3.05, 3.63) is 76.8 Å². The second-order valence-corrected chi connectivity index (χ2v) is 7.89. The first-order chi connectivity index (χ1) is 13.8. The molecule has 1 fully saturated rings. The van der Waals surface area contributed by atoms with Crippen molar-refractivity contribution >= 4 is 23.3 Å². The number of benzene rings is 1. The lowest BCUT2D eigenvalue weighted by molar-refractivity contribution is -0.116. The van der Waals surface area contributed by atoms with Crippen LogP contribution in [0.25, 0.3) is 11.8 Å². The molecule has 28 heavy (non-hydrogen) atoms. The normalized spacial score (nSPS) is 15.9. The molecule has 2 aromatic heterocycles. The number of carbonyl (C=O) groups is 1. The molecule has 0 spiro atoms. The molecule has 6 heteroatoms. The lowest BCUT2D eigenvalue weighted by atomic mass is 10.2. The van der Waals surface area contributed by atoms with Crippen molar-refractivity contribution < 1.29 is 4.79 Å². The van der Waals surface area contributed by atoms with Gasteiger partial charge in [0.05, 0.1) is 17.9 Å². The van der Waals surface area contributed by atoms with Crippen LogP contribution in [0.5, 0.6) is 0 Å². The Bertz CT molecular complexity index is 911. The Kier molecular flexibility index (Phi) is 5.99. The van der Waals surface area contributed by atoms with Crippen molar-refractivity contribution in [1.82, 2.24) is 20.0 Å². The van der Waals surface area contributed by atoms with E-state index in [9.17, 15) is 4.79 Å². The van der Waals surface area contributed by atoms with E-state index in [0.29, 0.717) is 6.54 Å². The van der Waals surface area contributed by atoms with Gasteiger partial charge in [-0.1, -0.05) is 24.3 Å². The van der Waals surface area contributed by atoms with E-state index in [2.05, 4.69) is 32.8 Å². The summed E-state index contributed by atoms with van der Waals surface area (Å²) in [5, 5.41) is 9.52. The van der Waals surface area contributed by atoms with Crippen molar-refractivity contribution in [1.29, 1.82) is 0 Å². The Morgan fingerprint density at radius 1 is 1.18 bits per heavy atom. The van der Waals surface area contributed by atoms with E-state index in [0.717, 1.165) is 24.3 Å². The Hall–Kier alpha value is -2.70. The molecule has 1 saturated heterocycles. The van der Waals surface area contributed by atoms with Gasteiger partial charge in [-0.2, -0.15) is 5.10 Å². The zero-order valence-electron chi connectivity index (χ0n) is 15.7. The first kappa shape index (κ1) is 18.7. The predicted molar refractivity (Wildman–Crippen MR) is 113 cm³/mol. The lowest BCUT2D eigenvalue weighted by Gasteiger charge is -2.26. The minimum absolute atomic E-state index is 0.0757. The van der Waals surface area contributed by atoms with E-state index in [4.69, 9.17) is 0 Å². The first-order valence-corrected chi connectivity index (χ1v) is 10.5. The minimum atomic E-state index is -0.0757. The quantitative estimate of drug-likeness (QED) is 0.621. The number of hydrogen-bond acceptors (Lipinski definition) is 4. The number of likely N-dealkylation sites (tertiary alicyclic amines) is 1. The van der Waals surface area contributed by atoms with Crippen molar-refractivity contribution in [2.24, 2.45) is 0 Å². The standard InChI is InChI=1S/C22H24N4OS/c27-22(11-10-18-15-24-26(17-18)19-7-2-1-3-8-19)23-16-20(21-9-6-14-28-21)25-12-4-5-13-25/h1-3,6-11,14-15,17,20H,4-5,12-13,16H2,(H,23,27)/b11-10+. The maximum Gasteiger partial charge on any atom is 0.244 e. The molecule has 3 aromatic rings. The van der Waals surface area contributed by atoms with Crippen LogP contribution in [-0.2, 0) is 4.79 Å². The van der Waals surface area contributed by atoms with Gasteiger partial charge in [-0.15, -0.1) is 11.3 Å². The number of rotatable bonds is 7. The number of para-hydroxylation sites is 1. The van der Waals surface area contributed by atoms with Gasteiger partial charge >= 0.3 is 0 Å². The van der Waals surface area contributed by atoms with Gasteiger partial charge in [-0.25, -0.2) is 4.68 Å². The Labute approximate surface area is 169 Å². The Morgan fingerprint density at radius 3 is 2.75 bits per heavy atom. The zero-order valence-corrected chi connectivity index (χ0v) is 16.5. The molecule has 0 aliphatic carbocycles. The molecular weight excluding hydrogens is 368 g/mol. The molecule has 3 heterocycles. The summed E-state index contributed by atoms with van der Waals surface area (Å²) in [6, 6.07) is 14.4. The molecule has 1 N–H and O–H groups in total. The zero-order chi connectivity index (χ0) is 19.2. The molecule has 1 aliphatic heterocycles. The molecule has 1 atom stereocenters. The summed E-state index contributed by atoms with van der Waals surface area (Å²) in [6.45, 7) is 2.84. The maximum absolute atomic E-state index is 12.3. The summed E-state index contributed by atoms with van der Waals surface area (Å²) in [5.41, 5.74) is 1.89. The number of aromatic nitrogens is 2. The lowest BCUT2D eigenvalue weighted by Crippen LogP contribution is -2.35. The molecule has 1 aliphatic rings. The highest BCUT2D eigenvalue weighted by atomic mass is 32.1. The second-order valence-electron chi connectivity index (χ2n) is 6.91. The molecule has 1 unspecified atom stereocenters. The Balaban J connectivity index is 1.35. The summed E-state index contributed by atoms with van der Waals surface area (Å²) in [5.74, 6) is -0.0757. The summed E-state index contributed by atoms with van der Waals surface area (Å²) >= 11 is 1.76. The van der Waals surface area contributed by atoms with E-state index in [1.54, 1.807) is 34.4 Å². The van der Waals surface area contributed by atoms with E-state index >= 15 is 0 Å². The van der Waals surface area contributed by atoms with Gasteiger partial charge in [-0.3, -0.25) is 9.69 Å². The van der Waals surface area contributed by atoms with Crippen molar-refractivity contribution in [2.45, 2.75) is 18.9 Å². The highest BCUT2D eigenvalue weighted by Gasteiger charge is 2.24. The van der Waals surface area contributed by atoms with E-state index in [-0.39, 0.29) is 11.9 Å². The van der Waals surface area contributed by atoms with E-state index < -0.39 is 0 Å². The van der Waals surface area contributed by atoms with Crippen LogP contribution in [0.15, 0.2) is 66.3 Å². The fourth-order valence-corrected chi connectivity index (χ4v) is 4.38. The minimum Gasteiger partial charge on any atom is -0.351 e. The van der Waals surface area contributed by atoms with Crippen LogP contribution in [0.1, 0.15) is 29.3 Å². The Morgan fingerprint density at radius 2 is 2.00 bits per heavy atom. The fourth-order valence-electron chi connectivity index (χ4n) is 3.52. The van der Waals surface area contributed by atoms with Crippen LogP contribution in [-0.4, -0.2) is 40.2 Å². The van der Waals surface area contributed by atoms with Crippen LogP contribution in [0.2, 0.25) is 0 Å². The van der Waals surface area contributed by atoms with Gasteiger partial charge in [-0.05, 0) is 55.6 Å². The molecule has 4 rings (SSSR count). The van der Waals surface area contributed by atoms with Gasteiger partial charge in [0.1, 0.15) is 0 Å². The van der Waals surface area contributed by atoms with Crippen LogP contribution in [0, 0.1) is 0 Å². The third-order valence-corrected chi connectivity index (χ3v) is 5.95. The van der Waals surface area contributed by atoms with Crippen LogP contribution in [0.4, 0.5) is 0 Å². The number of thiophene rings is 1. The van der Waals surface area contributed by atoms with E-state index in [1.807, 2.05) is 36.5 Å². The van der Waals surface area contributed by atoms with Crippen LogP contribution < -0.4 is 5.32 Å². The van der Waals surface area contributed by atoms with Gasteiger partial charge in [0, 0.05) is 29.3 Å². The number of carbonyl (C=O) groups excluding carboxylic acids is 1. The van der Waals surface area contributed by atoms with Gasteiger partial charge in [0.15, 0.2) is 0 Å². The third kappa shape index (κ3) is 4.58. The molecule has 144 valence electrons. The van der Waals surface area contributed by atoms with Crippen molar-refractivity contribution in [2.75, 3.05) is 19.6 Å². The first-order valence-electron chi connectivity index (χ1n) is 9.63. The summed E-state index contributed by atoms with van der Waals surface area (Å²) in [6.07, 6.45) is 9.54. The van der Waals surface area contributed by atoms with E-state index in [1.165, 1.54) is 17.7 Å². The fraction of sp³-hybridized carbons (Fsp3) is 0.273. The number of amides is 1. The highest BCUT2D eigenvalue weighted by Crippen LogP contribution is 2.27. The number of hydrogen-bond donors (Lipinski definition) is 1. The number of nitrogens with one attached hydrogen (secondary N) is 1. The van der Waals surface area contributed by atoms with Gasteiger partial charge in [0.25, 0.3) is 0 Å². The molecule has 1 amide bonds. The summed E-state index contributed by atoms with van der Waals surface area (Å²) in [4.78, 5) is 16.1. The smallest absolute Gasteiger partial charge is 0.244 e. The average Bonchev–Trinajstić information content (AvgIpc) is 3.50. The topological polar surface area (TPSA) is 50.2 Å². The second kappa shape index (κ2) is 8.99. The van der Waals surface area contributed by atoms with Crippen molar-refractivity contribution in [3.63, 3.8) is 0 Å². The van der Waals surface area contributed by atoms with Crippen LogP contribution >= 0.6 is 11.3 Å². The number of nitrogens with zero attached hydrogens (tertiary/aromatic N) is 3. The molecule has 1 aromatic carbocycles.